The summed E-state index contributed by atoms with van der Waals surface area (Å²) in [6.45, 7) is 1.96. The van der Waals surface area contributed by atoms with Crippen molar-refractivity contribution < 1.29 is 9.90 Å². The summed E-state index contributed by atoms with van der Waals surface area (Å²) < 4.78 is 0. The SMILES string of the molecule is O=C(O)c1cnc(CN(CC2CC2)C2CCCCC2)cn1. The minimum Gasteiger partial charge on any atom is -0.476 e. The Balaban J connectivity index is 1.65. The Bertz CT molecular complexity index is 479. The summed E-state index contributed by atoms with van der Waals surface area (Å²) in [4.78, 5) is 21.6. The standard InChI is InChI=1S/C16H23N3O2/c20-16(21)15-9-17-13(8-18-15)11-19(10-12-6-7-12)14-4-2-1-3-5-14/h8-9,12,14H,1-7,10-11H2,(H,20,21). The van der Waals surface area contributed by atoms with Crippen molar-refractivity contribution in [1.82, 2.24) is 14.9 Å². The van der Waals surface area contributed by atoms with Crippen molar-refractivity contribution in [1.29, 1.82) is 0 Å². The number of aromatic nitrogens is 2. The first kappa shape index (κ1) is 14.4. The van der Waals surface area contributed by atoms with E-state index in [-0.39, 0.29) is 5.69 Å². The molecule has 0 bridgehead atoms. The lowest BCUT2D eigenvalue weighted by atomic mass is 9.94. The normalized spacial score (nSPS) is 19.9. The van der Waals surface area contributed by atoms with E-state index < -0.39 is 5.97 Å². The topological polar surface area (TPSA) is 66.3 Å². The predicted molar refractivity (Wildman–Crippen MR) is 79.0 cm³/mol. The zero-order chi connectivity index (χ0) is 14.7. The Morgan fingerprint density at radius 2 is 1.90 bits per heavy atom. The number of aromatic carboxylic acids is 1. The smallest absolute Gasteiger partial charge is 0.356 e. The van der Waals surface area contributed by atoms with Crippen LogP contribution in [0.3, 0.4) is 0 Å². The van der Waals surface area contributed by atoms with Gasteiger partial charge in [0, 0.05) is 19.1 Å². The molecule has 1 aromatic heterocycles. The number of carboxylic acids is 1. The molecular formula is C16H23N3O2. The molecule has 2 aliphatic rings. The molecule has 0 amide bonds. The number of carboxylic acid groups (broad SMARTS) is 1. The Kier molecular flexibility index (Phi) is 4.48. The van der Waals surface area contributed by atoms with E-state index in [4.69, 9.17) is 5.11 Å². The largest absolute Gasteiger partial charge is 0.476 e. The molecule has 0 spiro atoms. The lowest BCUT2D eigenvalue weighted by molar-refractivity contribution is 0.0689. The molecule has 0 aromatic carbocycles. The molecule has 2 saturated carbocycles. The van der Waals surface area contributed by atoms with E-state index >= 15 is 0 Å². The molecule has 114 valence electrons. The van der Waals surface area contributed by atoms with Crippen LogP contribution in [-0.2, 0) is 6.54 Å². The van der Waals surface area contributed by atoms with Crippen molar-refractivity contribution in [2.45, 2.75) is 57.5 Å². The Hall–Kier alpha value is -1.49. The number of carbonyl (C=O) groups is 1. The number of hydrogen-bond donors (Lipinski definition) is 1. The third-order valence-corrected chi connectivity index (χ3v) is 4.57. The van der Waals surface area contributed by atoms with Gasteiger partial charge in [0.25, 0.3) is 0 Å². The maximum Gasteiger partial charge on any atom is 0.356 e. The molecule has 2 aliphatic carbocycles. The highest BCUT2D eigenvalue weighted by Crippen LogP contribution is 2.33. The average Bonchev–Trinajstić information content (AvgIpc) is 3.32. The van der Waals surface area contributed by atoms with Gasteiger partial charge in [-0.15, -0.1) is 0 Å². The minimum absolute atomic E-state index is 0.0187. The fraction of sp³-hybridized carbons (Fsp3) is 0.688. The van der Waals surface area contributed by atoms with Crippen molar-refractivity contribution in [2.75, 3.05) is 6.54 Å². The molecule has 0 saturated heterocycles. The summed E-state index contributed by atoms with van der Waals surface area (Å²) in [6, 6.07) is 0.667. The fourth-order valence-electron chi connectivity index (χ4n) is 3.18. The van der Waals surface area contributed by atoms with Crippen LogP contribution in [0, 0.1) is 5.92 Å². The second kappa shape index (κ2) is 6.52. The monoisotopic (exact) mass is 289 g/mol. The highest BCUT2D eigenvalue weighted by molar-refractivity contribution is 5.84. The van der Waals surface area contributed by atoms with E-state index in [9.17, 15) is 4.79 Å². The van der Waals surface area contributed by atoms with E-state index in [1.54, 1.807) is 6.20 Å². The Labute approximate surface area is 125 Å². The zero-order valence-electron chi connectivity index (χ0n) is 12.4. The molecule has 5 nitrogen and oxygen atoms in total. The highest BCUT2D eigenvalue weighted by Gasteiger charge is 2.29. The van der Waals surface area contributed by atoms with Crippen molar-refractivity contribution in [2.24, 2.45) is 5.92 Å². The van der Waals surface area contributed by atoms with Crippen LogP contribution in [0.5, 0.6) is 0 Å². The van der Waals surface area contributed by atoms with Gasteiger partial charge in [0.15, 0.2) is 5.69 Å². The first-order valence-electron chi connectivity index (χ1n) is 8.00. The van der Waals surface area contributed by atoms with Gasteiger partial charge in [-0.1, -0.05) is 19.3 Å². The third-order valence-electron chi connectivity index (χ3n) is 4.57. The summed E-state index contributed by atoms with van der Waals surface area (Å²) in [5, 5.41) is 8.88. The maximum atomic E-state index is 10.8. The highest BCUT2D eigenvalue weighted by atomic mass is 16.4. The van der Waals surface area contributed by atoms with E-state index in [0.717, 1.165) is 24.7 Å². The molecular weight excluding hydrogens is 266 g/mol. The van der Waals surface area contributed by atoms with Crippen molar-refractivity contribution in [3.05, 3.63) is 23.8 Å². The van der Waals surface area contributed by atoms with Crippen LogP contribution in [0.2, 0.25) is 0 Å². The van der Waals surface area contributed by atoms with Gasteiger partial charge >= 0.3 is 5.97 Å². The van der Waals surface area contributed by atoms with Gasteiger partial charge in [-0.2, -0.15) is 0 Å². The molecule has 3 rings (SSSR count). The molecule has 0 unspecified atom stereocenters. The quantitative estimate of drug-likeness (QED) is 0.872. The molecule has 21 heavy (non-hydrogen) atoms. The van der Waals surface area contributed by atoms with Gasteiger partial charge in [0.05, 0.1) is 18.1 Å². The van der Waals surface area contributed by atoms with E-state index in [1.807, 2.05) is 0 Å². The van der Waals surface area contributed by atoms with E-state index in [2.05, 4.69) is 14.9 Å². The summed E-state index contributed by atoms with van der Waals surface area (Å²) in [7, 11) is 0. The lowest BCUT2D eigenvalue weighted by Crippen LogP contribution is -2.38. The summed E-state index contributed by atoms with van der Waals surface area (Å²) in [5.41, 5.74) is 0.899. The molecule has 0 aliphatic heterocycles. The van der Waals surface area contributed by atoms with Crippen molar-refractivity contribution >= 4 is 5.97 Å². The average molecular weight is 289 g/mol. The molecule has 1 N–H and O–H groups in total. The van der Waals surface area contributed by atoms with Crippen molar-refractivity contribution in [3.63, 3.8) is 0 Å². The van der Waals surface area contributed by atoms with Crippen LogP contribution in [0.25, 0.3) is 0 Å². The van der Waals surface area contributed by atoms with Gasteiger partial charge in [0.2, 0.25) is 0 Å². The Morgan fingerprint density at radius 3 is 2.48 bits per heavy atom. The fourth-order valence-corrected chi connectivity index (χ4v) is 3.18. The molecule has 2 fully saturated rings. The predicted octanol–water partition coefficient (Wildman–Crippen LogP) is 2.72. The molecule has 1 aromatic rings. The number of hydrogen-bond acceptors (Lipinski definition) is 4. The zero-order valence-corrected chi connectivity index (χ0v) is 12.4. The van der Waals surface area contributed by atoms with Gasteiger partial charge in [0.1, 0.15) is 0 Å². The molecule has 1 heterocycles. The molecule has 5 heteroatoms. The summed E-state index contributed by atoms with van der Waals surface area (Å²) in [6.07, 6.45) is 12.3. The van der Waals surface area contributed by atoms with Crippen LogP contribution in [-0.4, -0.2) is 38.5 Å². The second-order valence-electron chi connectivity index (χ2n) is 6.36. The maximum absolute atomic E-state index is 10.8. The molecule has 0 radical (unpaired) electrons. The first-order valence-corrected chi connectivity index (χ1v) is 8.00. The van der Waals surface area contributed by atoms with E-state index in [0.29, 0.717) is 6.04 Å². The Morgan fingerprint density at radius 1 is 1.14 bits per heavy atom. The van der Waals surface area contributed by atoms with Crippen LogP contribution >= 0.6 is 0 Å². The van der Waals surface area contributed by atoms with Crippen LogP contribution in [0.4, 0.5) is 0 Å². The van der Waals surface area contributed by atoms with Crippen molar-refractivity contribution in [3.8, 4) is 0 Å². The van der Waals surface area contributed by atoms with Gasteiger partial charge < -0.3 is 5.11 Å². The second-order valence-corrected chi connectivity index (χ2v) is 6.36. The molecule has 0 atom stereocenters. The van der Waals surface area contributed by atoms with Crippen LogP contribution in [0.1, 0.15) is 61.1 Å². The third kappa shape index (κ3) is 4.00. The number of rotatable bonds is 6. The van der Waals surface area contributed by atoms with Gasteiger partial charge in [-0.25, -0.2) is 9.78 Å². The first-order chi connectivity index (χ1) is 10.2. The van der Waals surface area contributed by atoms with E-state index in [1.165, 1.54) is 51.1 Å². The number of nitrogens with zero attached hydrogens (tertiary/aromatic N) is 3. The van der Waals surface area contributed by atoms with Gasteiger partial charge in [-0.3, -0.25) is 9.88 Å². The van der Waals surface area contributed by atoms with Gasteiger partial charge in [-0.05, 0) is 31.6 Å². The van der Waals surface area contributed by atoms with Crippen LogP contribution in [0.15, 0.2) is 12.4 Å². The minimum atomic E-state index is -1.02. The van der Waals surface area contributed by atoms with Crippen LogP contribution < -0.4 is 0 Å². The lowest BCUT2D eigenvalue weighted by Gasteiger charge is -2.34. The summed E-state index contributed by atoms with van der Waals surface area (Å²) in [5.74, 6) is -0.158. The summed E-state index contributed by atoms with van der Waals surface area (Å²) >= 11 is 0.